The summed E-state index contributed by atoms with van der Waals surface area (Å²) in [4.78, 5) is 37.6. The number of aromatic nitrogens is 2. The molecule has 9 heteroatoms. The number of nitrogens with zero attached hydrogens (tertiary/aromatic N) is 4. The molecule has 1 aliphatic heterocycles. The van der Waals surface area contributed by atoms with Crippen LogP contribution in [0, 0.1) is 0 Å². The van der Waals surface area contributed by atoms with Crippen molar-refractivity contribution in [1.29, 1.82) is 0 Å². The lowest BCUT2D eigenvalue weighted by Gasteiger charge is -2.34. The average molecular weight is 386 g/mol. The van der Waals surface area contributed by atoms with Crippen molar-refractivity contribution in [1.82, 2.24) is 20.2 Å². The third-order valence-corrected chi connectivity index (χ3v) is 4.88. The van der Waals surface area contributed by atoms with E-state index in [0.29, 0.717) is 32.1 Å². The van der Waals surface area contributed by atoms with Crippen LogP contribution in [-0.2, 0) is 4.79 Å². The van der Waals surface area contributed by atoms with Gasteiger partial charge in [-0.25, -0.2) is 14.8 Å². The molecule has 1 saturated heterocycles. The highest BCUT2D eigenvalue weighted by Crippen LogP contribution is 2.18. The van der Waals surface area contributed by atoms with Crippen molar-refractivity contribution >= 4 is 35.3 Å². The third kappa shape index (κ3) is 5.33. The predicted molar refractivity (Wildman–Crippen MR) is 106 cm³/mol. The van der Waals surface area contributed by atoms with Crippen molar-refractivity contribution < 1.29 is 9.59 Å². The molecular formula is C18H22N6O2S. The van der Waals surface area contributed by atoms with Gasteiger partial charge in [0.05, 0.1) is 6.54 Å². The molecule has 0 bridgehead atoms. The zero-order chi connectivity index (χ0) is 19.1. The number of thioether (sulfide) groups is 1. The first-order chi connectivity index (χ1) is 13.2. The minimum absolute atomic E-state index is 0.0651. The van der Waals surface area contributed by atoms with E-state index in [2.05, 4.69) is 20.6 Å². The summed E-state index contributed by atoms with van der Waals surface area (Å²) in [5.41, 5.74) is 0.720. The van der Waals surface area contributed by atoms with Gasteiger partial charge in [-0.1, -0.05) is 6.07 Å². The van der Waals surface area contributed by atoms with E-state index in [-0.39, 0.29) is 18.5 Å². The van der Waals surface area contributed by atoms with Crippen LogP contribution in [0.5, 0.6) is 0 Å². The number of anilines is 2. The second-order valence-electron chi connectivity index (χ2n) is 5.96. The summed E-state index contributed by atoms with van der Waals surface area (Å²) in [6, 6.07) is 9.12. The lowest BCUT2D eigenvalue weighted by molar-refractivity contribution is -0.115. The van der Waals surface area contributed by atoms with E-state index in [9.17, 15) is 9.59 Å². The molecule has 1 aromatic carbocycles. The molecule has 2 aromatic rings. The first-order valence-corrected chi connectivity index (χ1v) is 9.87. The van der Waals surface area contributed by atoms with E-state index in [1.54, 1.807) is 35.1 Å². The summed E-state index contributed by atoms with van der Waals surface area (Å²) >= 11 is 1.61. The first-order valence-electron chi connectivity index (χ1n) is 8.64. The standard InChI is InChI=1S/C18H22N6O2S/c1-27-15-5-2-4-14(12-15)22-16(25)13-21-18(26)24-10-8-23(9-11-24)17-19-6-3-7-20-17/h2-7,12H,8-11,13H2,1H3,(H,21,26)(H,22,25). The van der Waals surface area contributed by atoms with Gasteiger partial charge in [0.1, 0.15) is 0 Å². The van der Waals surface area contributed by atoms with Crippen molar-refractivity contribution in [3.05, 3.63) is 42.7 Å². The number of carbonyl (C=O) groups is 2. The zero-order valence-corrected chi connectivity index (χ0v) is 15.9. The largest absolute Gasteiger partial charge is 0.337 e. The van der Waals surface area contributed by atoms with Crippen molar-refractivity contribution in [3.8, 4) is 0 Å². The lowest BCUT2D eigenvalue weighted by Crippen LogP contribution is -2.53. The van der Waals surface area contributed by atoms with Crippen molar-refractivity contribution in [3.63, 3.8) is 0 Å². The van der Waals surface area contributed by atoms with E-state index in [1.807, 2.05) is 35.4 Å². The minimum atomic E-state index is -0.252. The van der Waals surface area contributed by atoms with Gasteiger partial charge in [-0.05, 0) is 30.5 Å². The van der Waals surface area contributed by atoms with Crippen molar-refractivity contribution in [2.45, 2.75) is 4.90 Å². The molecule has 1 aromatic heterocycles. The second-order valence-corrected chi connectivity index (χ2v) is 6.84. The molecule has 3 rings (SSSR count). The van der Waals surface area contributed by atoms with Gasteiger partial charge in [-0.15, -0.1) is 11.8 Å². The zero-order valence-electron chi connectivity index (χ0n) is 15.1. The van der Waals surface area contributed by atoms with Gasteiger partial charge in [-0.2, -0.15) is 0 Å². The number of carbonyl (C=O) groups excluding carboxylic acids is 2. The molecule has 2 heterocycles. The van der Waals surface area contributed by atoms with Gasteiger partial charge in [0.2, 0.25) is 11.9 Å². The van der Waals surface area contributed by atoms with Crippen LogP contribution in [-0.4, -0.2) is 65.8 Å². The Balaban J connectivity index is 1.42. The number of nitrogens with one attached hydrogen (secondary N) is 2. The Bertz CT molecular complexity index is 780. The fraction of sp³-hybridized carbons (Fsp3) is 0.333. The summed E-state index contributed by atoms with van der Waals surface area (Å²) in [5, 5.41) is 5.47. The molecule has 0 spiro atoms. The van der Waals surface area contributed by atoms with Crippen LogP contribution in [0.1, 0.15) is 0 Å². The Morgan fingerprint density at radius 1 is 1.11 bits per heavy atom. The molecule has 142 valence electrons. The highest BCUT2D eigenvalue weighted by atomic mass is 32.2. The highest BCUT2D eigenvalue weighted by Gasteiger charge is 2.22. The van der Waals surface area contributed by atoms with Gasteiger partial charge in [0, 0.05) is 49.2 Å². The maximum atomic E-state index is 12.3. The molecule has 0 atom stereocenters. The van der Waals surface area contributed by atoms with Gasteiger partial charge in [0.15, 0.2) is 0 Å². The fourth-order valence-corrected chi connectivity index (χ4v) is 3.20. The van der Waals surface area contributed by atoms with Crippen LogP contribution >= 0.6 is 11.8 Å². The molecular weight excluding hydrogens is 364 g/mol. The maximum Gasteiger partial charge on any atom is 0.317 e. The van der Waals surface area contributed by atoms with Crippen LogP contribution in [0.15, 0.2) is 47.6 Å². The molecule has 3 amide bonds. The van der Waals surface area contributed by atoms with E-state index < -0.39 is 0 Å². The molecule has 0 radical (unpaired) electrons. The molecule has 8 nitrogen and oxygen atoms in total. The molecule has 2 N–H and O–H groups in total. The van der Waals surface area contributed by atoms with Crippen molar-refractivity contribution in [2.24, 2.45) is 0 Å². The number of hydrogen-bond donors (Lipinski definition) is 2. The fourth-order valence-electron chi connectivity index (χ4n) is 2.74. The number of urea groups is 1. The second kappa shape index (κ2) is 9.22. The van der Waals surface area contributed by atoms with Crippen LogP contribution in [0.3, 0.4) is 0 Å². The molecule has 0 unspecified atom stereocenters. The number of amides is 3. The highest BCUT2D eigenvalue weighted by molar-refractivity contribution is 7.98. The molecule has 0 saturated carbocycles. The number of hydrogen-bond acceptors (Lipinski definition) is 6. The number of piperazine rings is 1. The first kappa shape index (κ1) is 19.0. The summed E-state index contributed by atoms with van der Waals surface area (Å²) in [6.07, 6.45) is 5.38. The normalized spacial score (nSPS) is 14.0. The quantitative estimate of drug-likeness (QED) is 0.760. The Morgan fingerprint density at radius 3 is 2.56 bits per heavy atom. The molecule has 1 fully saturated rings. The minimum Gasteiger partial charge on any atom is -0.337 e. The van der Waals surface area contributed by atoms with E-state index in [1.165, 1.54) is 0 Å². The van der Waals surface area contributed by atoms with Gasteiger partial charge in [0.25, 0.3) is 0 Å². The lowest BCUT2D eigenvalue weighted by atomic mass is 10.3. The molecule has 27 heavy (non-hydrogen) atoms. The van der Waals surface area contributed by atoms with Crippen LogP contribution < -0.4 is 15.5 Å². The topological polar surface area (TPSA) is 90.5 Å². The Labute approximate surface area is 162 Å². The summed E-state index contributed by atoms with van der Waals surface area (Å²) in [6.45, 7) is 2.36. The Kier molecular flexibility index (Phi) is 6.48. The number of rotatable bonds is 5. The summed E-state index contributed by atoms with van der Waals surface area (Å²) < 4.78 is 0. The van der Waals surface area contributed by atoms with Gasteiger partial charge in [-0.3, -0.25) is 4.79 Å². The molecule has 0 aliphatic carbocycles. The average Bonchev–Trinajstić information content (AvgIpc) is 2.73. The van der Waals surface area contributed by atoms with Gasteiger partial charge < -0.3 is 20.4 Å². The SMILES string of the molecule is CSc1cccc(NC(=O)CNC(=O)N2CCN(c3ncccn3)CC2)c1. The number of benzene rings is 1. The van der Waals surface area contributed by atoms with E-state index >= 15 is 0 Å². The van der Waals surface area contributed by atoms with Gasteiger partial charge >= 0.3 is 6.03 Å². The Morgan fingerprint density at radius 2 is 1.85 bits per heavy atom. The monoisotopic (exact) mass is 386 g/mol. The summed E-state index contributed by atoms with van der Waals surface area (Å²) in [7, 11) is 0. The van der Waals surface area contributed by atoms with Crippen LogP contribution in [0.2, 0.25) is 0 Å². The summed E-state index contributed by atoms with van der Waals surface area (Å²) in [5.74, 6) is 0.419. The molecule has 1 aliphatic rings. The maximum absolute atomic E-state index is 12.3. The van der Waals surface area contributed by atoms with E-state index in [4.69, 9.17) is 0 Å². The van der Waals surface area contributed by atoms with Crippen LogP contribution in [0.4, 0.5) is 16.4 Å². The van der Waals surface area contributed by atoms with Crippen LogP contribution in [0.25, 0.3) is 0 Å². The van der Waals surface area contributed by atoms with E-state index in [0.717, 1.165) is 10.6 Å². The predicted octanol–water partition coefficient (Wildman–Crippen LogP) is 1.67. The van der Waals surface area contributed by atoms with Crippen molar-refractivity contribution in [2.75, 3.05) is 49.2 Å². The smallest absolute Gasteiger partial charge is 0.317 e. The Hall–Kier alpha value is -2.81. The third-order valence-electron chi connectivity index (χ3n) is 4.16.